The third kappa shape index (κ3) is 5.48. The van der Waals surface area contributed by atoms with Crippen LogP contribution in [0.15, 0.2) is 24.3 Å². The van der Waals surface area contributed by atoms with Gasteiger partial charge in [-0.05, 0) is 38.4 Å². The fourth-order valence-electron chi connectivity index (χ4n) is 1.91. The van der Waals surface area contributed by atoms with Crippen molar-refractivity contribution in [1.29, 1.82) is 0 Å². The first-order valence-corrected chi connectivity index (χ1v) is 10.2. The van der Waals surface area contributed by atoms with Gasteiger partial charge in [-0.25, -0.2) is 8.42 Å². The van der Waals surface area contributed by atoms with Crippen LogP contribution in [0.4, 0.5) is 10.8 Å². The number of hydrogen-bond acceptors (Lipinski definition) is 7. The largest absolute Gasteiger partial charge is 0.309 e. The van der Waals surface area contributed by atoms with Crippen LogP contribution in [0, 0.1) is 0 Å². The van der Waals surface area contributed by atoms with Gasteiger partial charge in [0.05, 0.1) is 11.9 Å². The second kappa shape index (κ2) is 7.89. The standard InChI is InChI=1S/C15H21N5O3S2/c1-19(2)10-9-13-17-18-15(24-13)16-14(21)11-5-7-12(8-6-11)20(3)25(4,22)23/h5-8H,9-10H2,1-4H3,(H,16,18,21). The molecule has 25 heavy (non-hydrogen) atoms. The van der Waals surface area contributed by atoms with Crippen LogP contribution in [0.2, 0.25) is 0 Å². The van der Waals surface area contributed by atoms with E-state index < -0.39 is 10.0 Å². The van der Waals surface area contributed by atoms with Crippen molar-refractivity contribution in [3.05, 3.63) is 34.8 Å². The van der Waals surface area contributed by atoms with Crippen molar-refractivity contribution in [2.75, 3.05) is 43.6 Å². The normalized spacial score (nSPS) is 11.6. The predicted molar refractivity (Wildman–Crippen MR) is 99.8 cm³/mol. The molecule has 10 heteroatoms. The molecule has 1 amide bonds. The van der Waals surface area contributed by atoms with E-state index in [0.29, 0.717) is 16.4 Å². The number of hydrogen-bond donors (Lipinski definition) is 1. The zero-order valence-corrected chi connectivity index (χ0v) is 16.2. The lowest BCUT2D eigenvalue weighted by Crippen LogP contribution is -2.24. The highest BCUT2D eigenvalue weighted by Gasteiger charge is 2.14. The van der Waals surface area contributed by atoms with Gasteiger partial charge >= 0.3 is 0 Å². The van der Waals surface area contributed by atoms with E-state index in [9.17, 15) is 13.2 Å². The summed E-state index contributed by atoms with van der Waals surface area (Å²) in [6.45, 7) is 0.859. The first-order chi connectivity index (χ1) is 11.7. The number of rotatable bonds is 7. The molecular formula is C15H21N5O3S2. The highest BCUT2D eigenvalue weighted by molar-refractivity contribution is 7.92. The number of carbonyl (C=O) groups excluding carboxylic acids is 1. The van der Waals surface area contributed by atoms with E-state index in [1.807, 2.05) is 14.1 Å². The van der Waals surface area contributed by atoms with Gasteiger partial charge in [-0.15, -0.1) is 10.2 Å². The van der Waals surface area contributed by atoms with Crippen LogP contribution >= 0.6 is 11.3 Å². The number of sulfonamides is 1. The van der Waals surface area contributed by atoms with Gasteiger partial charge in [0.1, 0.15) is 5.01 Å². The fourth-order valence-corrected chi connectivity index (χ4v) is 3.14. The number of benzene rings is 1. The van der Waals surface area contributed by atoms with Gasteiger partial charge in [-0.2, -0.15) is 0 Å². The molecule has 8 nitrogen and oxygen atoms in total. The Kier molecular flexibility index (Phi) is 6.09. The van der Waals surface area contributed by atoms with Gasteiger partial charge < -0.3 is 4.90 Å². The zero-order chi connectivity index (χ0) is 18.6. The molecule has 2 aromatic rings. The van der Waals surface area contributed by atoms with Crippen molar-refractivity contribution >= 4 is 38.1 Å². The summed E-state index contributed by atoms with van der Waals surface area (Å²) < 4.78 is 24.2. The Morgan fingerprint density at radius 3 is 2.36 bits per heavy atom. The minimum Gasteiger partial charge on any atom is -0.309 e. The monoisotopic (exact) mass is 383 g/mol. The molecule has 1 aromatic carbocycles. The van der Waals surface area contributed by atoms with E-state index >= 15 is 0 Å². The third-order valence-electron chi connectivity index (χ3n) is 3.45. The Bertz CT molecular complexity index is 831. The Balaban J connectivity index is 2.01. The number of nitrogens with zero attached hydrogens (tertiary/aromatic N) is 4. The summed E-state index contributed by atoms with van der Waals surface area (Å²) in [7, 11) is 2.09. The minimum absolute atomic E-state index is 0.316. The van der Waals surface area contributed by atoms with E-state index in [4.69, 9.17) is 0 Å². The van der Waals surface area contributed by atoms with Crippen LogP contribution in [0.3, 0.4) is 0 Å². The Morgan fingerprint density at radius 2 is 1.80 bits per heavy atom. The summed E-state index contributed by atoms with van der Waals surface area (Å²) in [5.74, 6) is -0.316. The van der Waals surface area contributed by atoms with E-state index in [2.05, 4.69) is 20.4 Å². The lowest BCUT2D eigenvalue weighted by Gasteiger charge is -2.16. The number of aromatic nitrogens is 2. The maximum atomic E-state index is 12.3. The fraction of sp³-hybridized carbons (Fsp3) is 0.400. The third-order valence-corrected chi connectivity index (χ3v) is 5.55. The van der Waals surface area contributed by atoms with Crippen LogP contribution in [0.1, 0.15) is 15.4 Å². The minimum atomic E-state index is -3.33. The maximum Gasteiger partial charge on any atom is 0.257 e. The molecule has 1 heterocycles. The molecule has 0 aliphatic heterocycles. The average Bonchev–Trinajstić information content (AvgIpc) is 2.99. The summed E-state index contributed by atoms with van der Waals surface area (Å²) in [5.41, 5.74) is 0.900. The van der Waals surface area contributed by atoms with Gasteiger partial charge in [0, 0.05) is 25.6 Å². The molecule has 0 spiro atoms. The molecule has 0 aliphatic rings. The molecule has 1 aromatic heterocycles. The van der Waals surface area contributed by atoms with Gasteiger partial charge in [0.2, 0.25) is 15.2 Å². The Hall–Kier alpha value is -2.04. The SMILES string of the molecule is CN(C)CCc1nnc(NC(=O)c2ccc(N(C)S(C)(=O)=O)cc2)s1. The number of carbonyl (C=O) groups is 1. The number of amides is 1. The van der Waals surface area contributed by atoms with E-state index in [-0.39, 0.29) is 5.91 Å². The summed E-state index contributed by atoms with van der Waals surface area (Å²) in [6.07, 6.45) is 1.89. The van der Waals surface area contributed by atoms with Gasteiger partial charge in [-0.3, -0.25) is 14.4 Å². The molecule has 0 radical (unpaired) electrons. The molecule has 0 aliphatic carbocycles. The topological polar surface area (TPSA) is 95.5 Å². The Labute approximate surface area is 151 Å². The van der Waals surface area contributed by atoms with Crippen molar-refractivity contribution < 1.29 is 13.2 Å². The molecule has 1 N–H and O–H groups in total. The molecule has 2 rings (SSSR count). The number of likely N-dealkylation sites (N-methyl/N-ethyl adjacent to an activating group) is 1. The lowest BCUT2D eigenvalue weighted by molar-refractivity contribution is 0.102. The second-order valence-electron chi connectivity index (χ2n) is 5.79. The highest BCUT2D eigenvalue weighted by Crippen LogP contribution is 2.19. The van der Waals surface area contributed by atoms with E-state index in [1.165, 1.54) is 18.4 Å². The first-order valence-electron chi connectivity index (χ1n) is 7.49. The quantitative estimate of drug-likeness (QED) is 0.774. The smallest absolute Gasteiger partial charge is 0.257 e. The van der Waals surface area contributed by atoms with Crippen molar-refractivity contribution in [1.82, 2.24) is 15.1 Å². The summed E-state index contributed by atoms with van der Waals surface area (Å²) in [6, 6.07) is 6.30. The molecule has 0 fully saturated rings. The van der Waals surface area contributed by atoms with Crippen molar-refractivity contribution in [2.24, 2.45) is 0 Å². The van der Waals surface area contributed by atoms with Gasteiger partial charge in [-0.1, -0.05) is 11.3 Å². The zero-order valence-electron chi connectivity index (χ0n) is 14.6. The predicted octanol–water partition coefficient (Wildman–Crippen LogP) is 1.29. The molecule has 0 atom stereocenters. The van der Waals surface area contributed by atoms with Gasteiger partial charge in [0.25, 0.3) is 5.91 Å². The molecule has 0 saturated carbocycles. The van der Waals surface area contributed by atoms with Crippen LogP contribution < -0.4 is 9.62 Å². The Morgan fingerprint density at radius 1 is 1.16 bits per heavy atom. The van der Waals surface area contributed by atoms with Gasteiger partial charge in [0.15, 0.2) is 0 Å². The highest BCUT2D eigenvalue weighted by atomic mass is 32.2. The first kappa shape index (κ1) is 19.3. The van der Waals surface area contributed by atoms with Crippen LogP contribution in [-0.4, -0.2) is 63.4 Å². The number of nitrogens with one attached hydrogen (secondary N) is 1. The summed E-state index contributed by atoms with van der Waals surface area (Å²) >= 11 is 1.34. The van der Waals surface area contributed by atoms with Crippen LogP contribution in [-0.2, 0) is 16.4 Å². The van der Waals surface area contributed by atoms with Crippen LogP contribution in [0.5, 0.6) is 0 Å². The molecule has 0 unspecified atom stereocenters. The summed E-state index contributed by atoms with van der Waals surface area (Å²) in [4.78, 5) is 14.3. The molecular weight excluding hydrogens is 362 g/mol. The van der Waals surface area contributed by atoms with Crippen molar-refractivity contribution in [2.45, 2.75) is 6.42 Å². The second-order valence-corrected chi connectivity index (χ2v) is 8.86. The lowest BCUT2D eigenvalue weighted by atomic mass is 10.2. The number of anilines is 2. The van der Waals surface area contributed by atoms with Crippen molar-refractivity contribution in [3.8, 4) is 0 Å². The maximum absolute atomic E-state index is 12.3. The summed E-state index contributed by atoms with van der Waals surface area (Å²) in [5, 5.41) is 12.0. The molecule has 0 saturated heterocycles. The van der Waals surface area contributed by atoms with Crippen LogP contribution in [0.25, 0.3) is 0 Å². The van der Waals surface area contributed by atoms with Crippen molar-refractivity contribution in [3.63, 3.8) is 0 Å². The van der Waals surface area contributed by atoms with E-state index in [1.54, 1.807) is 24.3 Å². The molecule has 0 bridgehead atoms. The molecule has 136 valence electrons. The van der Waals surface area contributed by atoms with E-state index in [0.717, 1.165) is 28.5 Å². The average molecular weight is 383 g/mol.